The van der Waals surface area contributed by atoms with Gasteiger partial charge in [0.1, 0.15) is 0 Å². The van der Waals surface area contributed by atoms with Gasteiger partial charge < -0.3 is 15.3 Å². The van der Waals surface area contributed by atoms with Gasteiger partial charge >= 0.3 is 0 Å². The third-order valence-corrected chi connectivity index (χ3v) is 4.97. The Morgan fingerprint density at radius 1 is 1.11 bits per heavy atom. The Kier molecular flexibility index (Phi) is 4.35. The molecule has 0 aromatic carbocycles. The molecular weight excluding hydrogens is 224 g/mol. The quantitative estimate of drug-likeness (QED) is 0.808. The van der Waals surface area contributed by atoms with E-state index in [4.69, 9.17) is 0 Å². The van der Waals surface area contributed by atoms with E-state index in [0.717, 1.165) is 32.2 Å². The minimum absolute atomic E-state index is 0.430. The van der Waals surface area contributed by atoms with E-state index in [-0.39, 0.29) is 0 Å². The van der Waals surface area contributed by atoms with Crippen molar-refractivity contribution in [2.45, 2.75) is 64.0 Å². The molecule has 0 radical (unpaired) electrons. The standard InChI is InChI=1S/C15H30N2O/c1-14(2)6-8-15(18,9-7-14)12-16-13-4-10-17(3)11-5-13/h13,16,18H,4-12H2,1-3H3. The van der Waals surface area contributed by atoms with Crippen molar-refractivity contribution in [2.24, 2.45) is 5.41 Å². The minimum atomic E-state index is -0.446. The highest BCUT2D eigenvalue weighted by Gasteiger charge is 2.36. The SMILES string of the molecule is CN1CCC(NCC2(O)CCC(C)(C)CC2)CC1. The second-order valence-corrected chi connectivity index (χ2v) is 7.35. The fourth-order valence-corrected chi connectivity index (χ4v) is 3.12. The number of nitrogens with one attached hydrogen (secondary N) is 1. The molecule has 0 aromatic heterocycles. The van der Waals surface area contributed by atoms with Gasteiger partial charge in [-0.3, -0.25) is 0 Å². The van der Waals surface area contributed by atoms with Crippen molar-refractivity contribution in [2.75, 3.05) is 26.7 Å². The van der Waals surface area contributed by atoms with Crippen molar-refractivity contribution in [3.63, 3.8) is 0 Å². The second-order valence-electron chi connectivity index (χ2n) is 7.35. The lowest BCUT2D eigenvalue weighted by molar-refractivity contribution is -0.0271. The normalized spacial score (nSPS) is 29.3. The number of hydrogen-bond acceptors (Lipinski definition) is 3. The first-order valence-corrected chi connectivity index (χ1v) is 7.53. The molecule has 1 saturated heterocycles. The summed E-state index contributed by atoms with van der Waals surface area (Å²) in [4.78, 5) is 2.38. The molecule has 0 unspecified atom stereocenters. The van der Waals surface area contributed by atoms with Crippen LogP contribution in [-0.2, 0) is 0 Å². The Hall–Kier alpha value is -0.120. The summed E-state index contributed by atoms with van der Waals surface area (Å²) in [6, 6.07) is 0.611. The highest BCUT2D eigenvalue weighted by molar-refractivity contribution is 4.91. The van der Waals surface area contributed by atoms with Crippen LogP contribution in [0, 0.1) is 5.41 Å². The van der Waals surface area contributed by atoms with E-state index in [2.05, 4.69) is 31.1 Å². The maximum atomic E-state index is 10.6. The Morgan fingerprint density at radius 2 is 1.67 bits per heavy atom. The molecule has 0 bridgehead atoms. The smallest absolute Gasteiger partial charge is 0.0772 e. The molecule has 18 heavy (non-hydrogen) atoms. The number of rotatable bonds is 3. The molecule has 0 amide bonds. The average molecular weight is 254 g/mol. The van der Waals surface area contributed by atoms with Gasteiger partial charge in [0.25, 0.3) is 0 Å². The van der Waals surface area contributed by atoms with Gasteiger partial charge in [-0.25, -0.2) is 0 Å². The van der Waals surface area contributed by atoms with E-state index in [1.165, 1.54) is 25.9 Å². The van der Waals surface area contributed by atoms with Crippen LogP contribution in [0.15, 0.2) is 0 Å². The summed E-state index contributed by atoms with van der Waals surface area (Å²) in [7, 11) is 2.19. The first kappa shape index (κ1) is 14.3. The molecule has 2 N–H and O–H groups in total. The summed E-state index contributed by atoms with van der Waals surface area (Å²) in [6.07, 6.45) is 6.66. The summed E-state index contributed by atoms with van der Waals surface area (Å²) >= 11 is 0. The zero-order valence-corrected chi connectivity index (χ0v) is 12.3. The number of piperidine rings is 1. The maximum Gasteiger partial charge on any atom is 0.0772 e. The molecule has 1 heterocycles. The predicted octanol–water partition coefficient (Wildman–Crippen LogP) is 2.00. The lowest BCUT2D eigenvalue weighted by atomic mass is 9.71. The van der Waals surface area contributed by atoms with Crippen LogP contribution in [0.25, 0.3) is 0 Å². The Morgan fingerprint density at radius 3 is 2.22 bits per heavy atom. The van der Waals surface area contributed by atoms with Gasteiger partial charge in [0.15, 0.2) is 0 Å². The van der Waals surface area contributed by atoms with E-state index in [1.54, 1.807) is 0 Å². The Balaban J connectivity index is 1.73. The van der Waals surface area contributed by atoms with Crippen molar-refractivity contribution in [3.05, 3.63) is 0 Å². The lowest BCUT2D eigenvalue weighted by Gasteiger charge is -2.41. The molecule has 1 aliphatic heterocycles. The predicted molar refractivity (Wildman–Crippen MR) is 75.7 cm³/mol. The van der Waals surface area contributed by atoms with Crippen LogP contribution in [0.5, 0.6) is 0 Å². The van der Waals surface area contributed by atoms with Crippen LogP contribution in [0.4, 0.5) is 0 Å². The van der Waals surface area contributed by atoms with Gasteiger partial charge in [0.2, 0.25) is 0 Å². The van der Waals surface area contributed by atoms with Gasteiger partial charge in [-0.2, -0.15) is 0 Å². The number of nitrogens with zero attached hydrogens (tertiary/aromatic N) is 1. The third kappa shape index (κ3) is 3.94. The average Bonchev–Trinajstić information content (AvgIpc) is 2.33. The molecular formula is C15H30N2O. The Labute approximate surface area is 112 Å². The topological polar surface area (TPSA) is 35.5 Å². The highest BCUT2D eigenvalue weighted by atomic mass is 16.3. The molecule has 0 spiro atoms. The van der Waals surface area contributed by atoms with E-state index < -0.39 is 5.60 Å². The zero-order chi connectivity index (χ0) is 13.2. The molecule has 3 nitrogen and oxygen atoms in total. The van der Waals surface area contributed by atoms with Crippen molar-refractivity contribution >= 4 is 0 Å². The Bertz CT molecular complexity index is 260. The minimum Gasteiger partial charge on any atom is -0.389 e. The lowest BCUT2D eigenvalue weighted by Crippen LogP contribution is -2.50. The van der Waals surface area contributed by atoms with Gasteiger partial charge in [0.05, 0.1) is 5.60 Å². The number of likely N-dealkylation sites (tertiary alicyclic amines) is 1. The monoisotopic (exact) mass is 254 g/mol. The van der Waals surface area contributed by atoms with Crippen LogP contribution in [-0.4, -0.2) is 48.3 Å². The van der Waals surface area contributed by atoms with Gasteiger partial charge in [-0.15, -0.1) is 0 Å². The van der Waals surface area contributed by atoms with Crippen LogP contribution in [0.3, 0.4) is 0 Å². The van der Waals surface area contributed by atoms with Crippen molar-refractivity contribution in [1.29, 1.82) is 0 Å². The first-order chi connectivity index (χ1) is 8.39. The fourth-order valence-electron chi connectivity index (χ4n) is 3.12. The molecule has 106 valence electrons. The number of aliphatic hydroxyl groups is 1. The molecule has 0 aromatic rings. The fraction of sp³-hybridized carbons (Fsp3) is 1.00. The van der Waals surface area contributed by atoms with Crippen LogP contribution < -0.4 is 5.32 Å². The zero-order valence-electron chi connectivity index (χ0n) is 12.3. The first-order valence-electron chi connectivity index (χ1n) is 7.53. The van der Waals surface area contributed by atoms with Crippen LogP contribution >= 0.6 is 0 Å². The molecule has 2 aliphatic rings. The second kappa shape index (κ2) is 5.48. The summed E-state index contributed by atoms with van der Waals surface area (Å²) in [5.74, 6) is 0. The molecule has 3 heteroatoms. The van der Waals surface area contributed by atoms with E-state index >= 15 is 0 Å². The third-order valence-electron chi connectivity index (χ3n) is 4.97. The molecule has 1 saturated carbocycles. The van der Waals surface area contributed by atoms with Gasteiger partial charge in [-0.1, -0.05) is 13.8 Å². The summed E-state index contributed by atoms with van der Waals surface area (Å²) in [5, 5.41) is 14.2. The van der Waals surface area contributed by atoms with Crippen LogP contribution in [0.2, 0.25) is 0 Å². The van der Waals surface area contributed by atoms with Gasteiger partial charge in [0, 0.05) is 12.6 Å². The maximum absolute atomic E-state index is 10.6. The van der Waals surface area contributed by atoms with E-state index in [9.17, 15) is 5.11 Å². The molecule has 2 fully saturated rings. The molecule has 0 atom stereocenters. The molecule has 1 aliphatic carbocycles. The van der Waals surface area contributed by atoms with Crippen molar-refractivity contribution in [3.8, 4) is 0 Å². The van der Waals surface area contributed by atoms with Crippen LogP contribution in [0.1, 0.15) is 52.4 Å². The van der Waals surface area contributed by atoms with Crippen molar-refractivity contribution < 1.29 is 5.11 Å². The largest absolute Gasteiger partial charge is 0.389 e. The van der Waals surface area contributed by atoms with E-state index in [1.807, 2.05) is 0 Å². The summed E-state index contributed by atoms with van der Waals surface area (Å²) in [6.45, 7) is 7.79. The van der Waals surface area contributed by atoms with E-state index in [0.29, 0.717) is 11.5 Å². The summed E-state index contributed by atoms with van der Waals surface area (Å²) in [5.41, 5.74) is -0.0152. The number of hydrogen-bond donors (Lipinski definition) is 2. The summed E-state index contributed by atoms with van der Waals surface area (Å²) < 4.78 is 0. The molecule has 2 rings (SSSR count). The van der Waals surface area contributed by atoms with Crippen molar-refractivity contribution in [1.82, 2.24) is 10.2 Å². The highest BCUT2D eigenvalue weighted by Crippen LogP contribution is 2.39. The van der Waals surface area contributed by atoms with Gasteiger partial charge in [-0.05, 0) is 64.1 Å².